The monoisotopic (exact) mass is 461 g/mol. The van der Waals surface area contributed by atoms with Crippen molar-refractivity contribution < 1.29 is 14.4 Å². The van der Waals surface area contributed by atoms with Gasteiger partial charge in [-0.05, 0) is 36.8 Å². The van der Waals surface area contributed by atoms with E-state index in [1.165, 1.54) is 4.90 Å². The molecule has 4 rings (SSSR count). The van der Waals surface area contributed by atoms with E-state index in [4.69, 9.17) is 11.6 Å². The molecule has 0 saturated carbocycles. The summed E-state index contributed by atoms with van der Waals surface area (Å²) in [5.41, 5.74) is 3.48. The Kier molecular flexibility index (Phi) is 6.75. The summed E-state index contributed by atoms with van der Waals surface area (Å²) >= 11 is 6.23. The Hall–Kier alpha value is -3.64. The Morgan fingerprint density at radius 3 is 2.58 bits per heavy atom. The van der Waals surface area contributed by atoms with Crippen molar-refractivity contribution >= 4 is 40.7 Å². The van der Waals surface area contributed by atoms with E-state index in [1.54, 1.807) is 48.5 Å². The van der Waals surface area contributed by atoms with Gasteiger partial charge in [0, 0.05) is 19.5 Å². The maximum Gasteiger partial charge on any atom is 0.253 e. The lowest BCUT2D eigenvalue weighted by molar-refractivity contribution is -0.122. The first-order valence-corrected chi connectivity index (χ1v) is 11.1. The van der Waals surface area contributed by atoms with Crippen molar-refractivity contribution in [1.29, 1.82) is 0 Å². The van der Waals surface area contributed by atoms with Crippen LogP contribution >= 0.6 is 11.6 Å². The number of halogens is 1. The molecule has 1 aliphatic heterocycles. The Morgan fingerprint density at radius 1 is 1.03 bits per heavy atom. The molecule has 0 radical (unpaired) electrons. The molecule has 1 heterocycles. The Balaban J connectivity index is 1.43. The Bertz CT molecular complexity index is 1210. The molecule has 3 amide bonds. The van der Waals surface area contributed by atoms with Crippen LogP contribution in [0.4, 0.5) is 11.4 Å². The number of amides is 3. The van der Waals surface area contributed by atoms with E-state index < -0.39 is 5.92 Å². The zero-order valence-corrected chi connectivity index (χ0v) is 18.9. The van der Waals surface area contributed by atoms with Crippen molar-refractivity contribution in [3.8, 4) is 0 Å². The SMILES string of the molecule is Cc1cccc(CNC(=O)c2ccccc2NC(=O)[C@@H]2CC(=O)N(c3ccccc3Cl)C2)c1. The van der Waals surface area contributed by atoms with E-state index >= 15 is 0 Å². The molecule has 1 saturated heterocycles. The molecule has 1 fully saturated rings. The van der Waals surface area contributed by atoms with Crippen LogP contribution in [0, 0.1) is 12.8 Å². The fourth-order valence-electron chi connectivity index (χ4n) is 3.91. The fraction of sp³-hybridized carbons (Fsp3) is 0.192. The van der Waals surface area contributed by atoms with Crippen LogP contribution < -0.4 is 15.5 Å². The fourth-order valence-corrected chi connectivity index (χ4v) is 4.15. The van der Waals surface area contributed by atoms with E-state index in [0.717, 1.165) is 11.1 Å². The van der Waals surface area contributed by atoms with Crippen LogP contribution in [0.3, 0.4) is 0 Å². The normalized spacial score (nSPS) is 15.4. The molecule has 168 valence electrons. The predicted molar refractivity (Wildman–Crippen MR) is 129 cm³/mol. The Labute approximate surface area is 197 Å². The Morgan fingerprint density at radius 2 is 1.79 bits per heavy atom. The average molecular weight is 462 g/mol. The van der Waals surface area contributed by atoms with Gasteiger partial charge in [-0.15, -0.1) is 0 Å². The zero-order valence-electron chi connectivity index (χ0n) is 18.2. The predicted octanol–water partition coefficient (Wildman–Crippen LogP) is 4.57. The minimum Gasteiger partial charge on any atom is -0.348 e. The highest BCUT2D eigenvalue weighted by atomic mass is 35.5. The van der Waals surface area contributed by atoms with E-state index in [-0.39, 0.29) is 30.7 Å². The molecule has 3 aromatic carbocycles. The van der Waals surface area contributed by atoms with Crippen LogP contribution in [0.15, 0.2) is 72.8 Å². The third-order valence-corrected chi connectivity index (χ3v) is 5.92. The molecule has 0 unspecified atom stereocenters. The summed E-state index contributed by atoms with van der Waals surface area (Å²) in [6, 6.07) is 21.8. The second-order valence-corrected chi connectivity index (χ2v) is 8.47. The van der Waals surface area contributed by atoms with Crippen LogP contribution in [0.25, 0.3) is 0 Å². The number of carbonyl (C=O) groups excluding carboxylic acids is 3. The topological polar surface area (TPSA) is 78.5 Å². The minimum atomic E-state index is -0.544. The van der Waals surface area contributed by atoms with Crippen LogP contribution in [0.2, 0.25) is 5.02 Å². The van der Waals surface area contributed by atoms with Gasteiger partial charge in [-0.2, -0.15) is 0 Å². The number of carbonyl (C=O) groups is 3. The highest BCUT2D eigenvalue weighted by Crippen LogP contribution is 2.31. The van der Waals surface area contributed by atoms with Crippen LogP contribution in [0.5, 0.6) is 0 Å². The van der Waals surface area contributed by atoms with Gasteiger partial charge in [-0.3, -0.25) is 14.4 Å². The lowest BCUT2D eigenvalue weighted by Crippen LogP contribution is -2.29. The number of para-hydroxylation sites is 2. The summed E-state index contributed by atoms with van der Waals surface area (Å²) in [5.74, 6) is -1.30. The smallest absolute Gasteiger partial charge is 0.253 e. The van der Waals surface area contributed by atoms with Gasteiger partial charge in [-0.25, -0.2) is 0 Å². The molecule has 33 heavy (non-hydrogen) atoms. The van der Waals surface area contributed by atoms with Crippen molar-refractivity contribution in [2.24, 2.45) is 5.92 Å². The van der Waals surface area contributed by atoms with E-state index in [9.17, 15) is 14.4 Å². The number of aryl methyl sites for hydroxylation is 1. The third kappa shape index (κ3) is 5.23. The number of hydrogen-bond donors (Lipinski definition) is 2. The standard InChI is InChI=1S/C26H24ClN3O3/c1-17-7-6-8-18(13-17)15-28-26(33)20-9-2-4-11-22(20)29-25(32)19-14-24(31)30(16-19)23-12-5-3-10-21(23)27/h2-13,19H,14-16H2,1H3,(H,28,33)(H,29,32)/t19-/m1/s1. The lowest BCUT2D eigenvalue weighted by atomic mass is 10.1. The number of nitrogens with one attached hydrogen (secondary N) is 2. The first-order valence-electron chi connectivity index (χ1n) is 10.7. The molecule has 1 aliphatic rings. The highest BCUT2D eigenvalue weighted by molar-refractivity contribution is 6.34. The second-order valence-electron chi connectivity index (χ2n) is 8.06. The van der Waals surface area contributed by atoms with Gasteiger partial charge in [0.05, 0.1) is 27.9 Å². The maximum atomic E-state index is 13.0. The van der Waals surface area contributed by atoms with Crippen LogP contribution in [-0.4, -0.2) is 24.3 Å². The van der Waals surface area contributed by atoms with Gasteiger partial charge in [0.2, 0.25) is 11.8 Å². The van der Waals surface area contributed by atoms with E-state index in [2.05, 4.69) is 10.6 Å². The summed E-state index contributed by atoms with van der Waals surface area (Å²) in [6.07, 6.45) is 0.0821. The van der Waals surface area contributed by atoms with Crippen LogP contribution in [-0.2, 0) is 16.1 Å². The molecular weight excluding hydrogens is 438 g/mol. The van der Waals surface area contributed by atoms with E-state index in [1.807, 2.05) is 31.2 Å². The van der Waals surface area contributed by atoms with Crippen LogP contribution in [0.1, 0.15) is 27.9 Å². The van der Waals surface area contributed by atoms with Gasteiger partial charge in [-0.1, -0.05) is 65.7 Å². The van der Waals surface area contributed by atoms with Gasteiger partial charge in [0.1, 0.15) is 0 Å². The number of nitrogens with zero attached hydrogens (tertiary/aromatic N) is 1. The summed E-state index contributed by atoms with van der Waals surface area (Å²) in [4.78, 5) is 39.8. The van der Waals surface area contributed by atoms with Crippen molar-refractivity contribution in [1.82, 2.24) is 5.32 Å². The zero-order chi connectivity index (χ0) is 23.4. The number of rotatable bonds is 6. The van der Waals surface area contributed by atoms with Gasteiger partial charge in [0.25, 0.3) is 5.91 Å². The average Bonchev–Trinajstić information content (AvgIpc) is 3.20. The van der Waals surface area contributed by atoms with Crippen molar-refractivity contribution in [3.05, 3.63) is 94.5 Å². The molecule has 2 N–H and O–H groups in total. The minimum absolute atomic E-state index is 0.0821. The summed E-state index contributed by atoms with van der Waals surface area (Å²) in [7, 11) is 0. The van der Waals surface area contributed by atoms with Gasteiger partial charge in [0.15, 0.2) is 0 Å². The molecule has 7 heteroatoms. The highest BCUT2D eigenvalue weighted by Gasteiger charge is 2.36. The number of benzene rings is 3. The van der Waals surface area contributed by atoms with Crippen molar-refractivity contribution in [3.63, 3.8) is 0 Å². The number of anilines is 2. The van der Waals surface area contributed by atoms with Crippen molar-refractivity contribution in [2.75, 3.05) is 16.8 Å². The van der Waals surface area contributed by atoms with E-state index in [0.29, 0.717) is 28.5 Å². The lowest BCUT2D eigenvalue weighted by Gasteiger charge is -2.18. The van der Waals surface area contributed by atoms with Crippen molar-refractivity contribution in [2.45, 2.75) is 19.9 Å². The summed E-state index contributed by atoms with van der Waals surface area (Å²) in [6.45, 7) is 2.61. The first kappa shape index (κ1) is 22.6. The first-order chi connectivity index (χ1) is 15.9. The molecule has 0 aromatic heterocycles. The molecule has 0 spiro atoms. The second kappa shape index (κ2) is 9.88. The third-order valence-electron chi connectivity index (χ3n) is 5.60. The van der Waals surface area contributed by atoms with Gasteiger partial charge >= 0.3 is 0 Å². The molecule has 3 aromatic rings. The summed E-state index contributed by atoms with van der Waals surface area (Å²) < 4.78 is 0. The molecule has 6 nitrogen and oxygen atoms in total. The quantitative estimate of drug-likeness (QED) is 0.564. The largest absolute Gasteiger partial charge is 0.348 e. The maximum absolute atomic E-state index is 13.0. The number of hydrogen-bond acceptors (Lipinski definition) is 3. The summed E-state index contributed by atoms with van der Waals surface area (Å²) in [5, 5.41) is 6.20. The molecule has 0 aliphatic carbocycles. The molecule has 1 atom stereocenters. The van der Waals surface area contributed by atoms with Gasteiger partial charge < -0.3 is 15.5 Å². The molecular formula is C26H24ClN3O3. The molecule has 0 bridgehead atoms.